The van der Waals surface area contributed by atoms with Crippen molar-refractivity contribution in [2.75, 3.05) is 0 Å². The van der Waals surface area contributed by atoms with Crippen LogP contribution in [0.1, 0.15) is 17.1 Å². The van der Waals surface area contributed by atoms with E-state index in [0.29, 0.717) is 0 Å². The van der Waals surface area contributed by atoms with Crippen LogP contribution >= 0.6 is 11.3 Å². The van der Waals surface area contributed by atoms with Gasteiger partial charge in [-0.05, 0) is 12.5 Å². The number of hydrogen-bond donors (Lipinski definition) is 1. The van der Waals surface area contributed by atoms with E-state index in [1.807, 2.05) is 29.6 Å². The Morgan fingerprint density at radius 1 is 1.19 bits per heavy atom. The molecule has 0 aliphatic rings. The van der Waals surface area contributed by atoms with Gasteiger partial charge in [-0.3, -0.25) is 5.10 Å². The highest BCUT2D eigenvalue weighted by molar-refractivity contribution is 7.19. The largest absolute Gasteiger partial charge is 0.282 e. The molecule has 3 heterocycles. The van der Waals surface area contributed by atoms with Crippen LogP contribution in [0.25, 0.3) is 15.5 Å². The van der Waals surface area contributed by atoms with Crippen molar-refractivity contribution in [2.24, 2.45) is 0 Å². The number of rotatable bonds is 3. The summed E-state index contributed by atoms with van der Waals surface area (Å²) in [6, 6.07) is 10.2. The van der Waals surface area contributed by atoms with Gasteiger partial charge in [0, 0.05) is 12.1 Å². The van der Waals surface area contributed by atoms with Crippen LogP contribution in [0.4, 0.5) is 0 Å². The normalized spacial score (nSPS) is 11.3. The third-order valence-electron chi connectivity index (χ3n) is 3.32. The molecule has 0 amide bonds. The van der Waals surface area contributed by atoms with Gasteiger partial charge in [0.15, 0.2) is 10.8 Å². The van der Waals surface area contributed by atoms with Crippen molar-refractivity contribution >= 4 is 16.3 Å². The molecule has 0 saturated heterocycles. The molecule has 104 valence electrons. The molecule has 1 aromatic carbocycles. The zero-order valence-corrected chi connectivity index (χ0v) is 12.1. The van der Waals surface area contributed by atoms with E-state index in [9.17, 15) is 0 Å². The van der Waals surface area contributed by atoms with Crippen LogP contribution in [-0.2, 0) is 6.42 Å². The van der Waals surface area contributed by atoms with Crippen LogP contribution < -0.4 is 0 Å². The number of aromatic nitrogens is 6. The van der Waals surface area contributed by atoms with E-state index < -0.39 is 0 Å². The summed E-state index contributed by atoms with van der Waals surface area (Å²) in [6.45, 7) is 1.98. The van der Waals surface area contributed by atoms with Gasteiger partial charge in [0.25, 0.3) is 0 Å². The summed E-state index contributed by atoms with van der Waals surface area (Å²) < 4.78 is 1.82. The van der Waals surface area contributed by atoms with Crippen molar-refractivity contribution in [1.82, 2.24) is 30.0 Å². The zero-order chi connectivity index (χ0) is 14.2. The Balaban J connectivity index is 1.75. The van der Waals surface area contributed by atoms with Gasteiger partial charge in [-0.15, -0.1) is 10.2 Å². The van der Waals surface area contributed by atoms with Crippen molar-refractivity contribution in [3.8, 4) is 10.6 Å². The van der Waals surface area contributed by atoms with Gasteiger partial charge >= 0.3 is 0 Å². The fourth-order valence-corrected chi connectivity index (χ4v) is 3.15. The van der Waals surface area contributed by atoms with Gasteiger partial charge in [-0.2, -0.15) is 14.7 Å². The second-order valence-electron chi connectivity index (χ2n) is 4.79. The van der Waals surface area contributed by atoms with Crippen molar-refractivity contribution in [3.05, 3.63) is 53.6 Å². The number of nitrogens with zero attached hydrogens (tertiary/aromatic N) is 5. The first-order chi connectivity index (χ1) is 10.3. The highest BCUT2D eigenvalue weighted by Crippen LogP contribution is 2.27. The summed E-state index contributed by atoms with van der Waals surface area (Å²) >= 11 is 1.52. The maximum atomic E-state index is 4.62. The van der Waals surface area contributed by atoms with Gasteiger partial charge in [-0.1, -0.05) is 41.7 Å². The van der Waals surface area contributed by atoms with Crippen molar-refractivity contribution in [3.63, 3.8) is 0 Å². The Kier molecular flexibility index (Phi) is 2.78. The van der Waals surface area contributed by atoms with Crippen molar-refractivity contribution in [2.45, 2.75) is 13.3 Å². The lowest BCUT2D eigenvalue weighted by molar-refractivity contribution is 0.854. The first-order valence-corrected chi connectivity index (χ1v) is 7.38. The standard InChI is InChI=1S/C14H12N6S/c1-9-11(8-15-16-9)13-19-20-12(17-18-14(20)21-13)7-10-5-3-2-4-6-10/h2-6,8H,7H2,1H3,(H,15,16). The summed E-state index contributed by atoms with van der Waals surface area (Å²) in [5, 5.41) is 20.9. The molecule has 0 atom stereocenters. The quantitative estimate of drug-likeness (QED) is 0.630. The molecule has 4 rings (SSSR count). The number of H-pyrrole nitrogens is 1. The second kappa shape index (κ2) is 4.78. The summed E-state index contributed by atoms with van der Waals surface area (Å²) in [5.74, 6) is 0.847. The highest BCUT2D eigenvalue weighted by atomic mass is 32.1. The van der Waals surface area contributed by atoms with Gasteiger partial charge in [-0.25, -0.2) is 0 Å². The predicted molar refractivity (Wildman–Crippen MR) is 80.2 cm³/mol. The summed E-state index contributed by atoms with van der Waals surface area (Å²) in [7, 11) is 0. The molecule has 21 heavy (non-hydrogen) atoms. The predicted octanol–water partition coefficient (Wildman–Crippen LogP) is 2.48. The highest BCUT2D eigenvalue weighted by Gasteiger charge is 2.15. The Morgan fingerprint density at radius 2 is 2.05 bits per heavy atom. The van der Waals surface area contributed by atoms with Crippen LogP contribution in [-0.4, -0.2) is 30.0 Å². The van der Waals surface area contributed by atoms with Gasteiger partial charge in [0.1, 0.15) is 0 Å². The van der Waals surface area contributed by atoms with E-state index in [2.05, 4.69) is 37.6 Å². The van der Waals surface area contributed by atoms with Crippen LogP contribution in [0.3, 0.4) is 0 Å². The molecule has 0 bridgehead atoms. The average Bonchev–Trinajstić information content (AvgIpc) is 3.17. The van der Waals surface area contributed by atoms with Crippen LogP contribution in [0.15, 0.2) is 36.5 Å². The Hall–Kier alpha value is -2.54. The lowest BCUT2D eigenvalue weighted by Crippen LogP contribution is -1.97. The smallest absolute Gasteiger partial charge is 0.234 e. The van der Waals surface area contributed by atoms with Gasteiger partial charge in [0.05, 0.1) is 11.8 Å². The molecular weight excluding hydrogens is 284 g/mol. The maximum Gasteiger partial charge on any atom is 0.234 e. The Labute approximate surface area is 124 Å². The summed E-state index contributed by atoms with van der Waals surface area (Å²) in [5.41, 5.74) is 3.21. The SMILES string of the molecule is Cc1[nH]ncc1-c1nn2c(Cc3ccccc3)nnc2s1. The molecule has 0 aliphatic heterocycles. The number of fused-ring (bicyclic) bond motifs is 1. The Bertz CT molecular complexity index is 889. The van der Waals surface area contributed by atoms with E-state index in [1.165, 1.54) is 16.9 Å². The number of aryl methyl sites for hydroxylation is 1. The van der Waals surface area contributed by atoms with E-state index in [-0.39, 0.29) is 0 Å². The summed E-state index contributed by atoms with van der Waals surface area (Å²) in [4.78, 5) is 0.802. The molecule has 3 aromatic heterocycles. The summed E-state index contributed by atoms with van der Waals surface area (Å²) in [6.07, 6.45) is 2.51. The zero-order valence-electron chi connectivity index (χ0n) is 11.3. The first kappa shape index (κ1) is 12.2. The monoisotopic (exact) mass is 296 g/mol. The number of hydrogen-bond acceptors (Lipinski definition) is 5. The van der Waals surface area contributed by atoms with Crippen molar-refractivity contribution < 1.29 is 0 Å². The molecular formula is C14H12N6S. The first-order valence-electron chi connectivity index (χ1n) is 6.56. The maximum absolute atomic E-state index is 4.62. The van der Waals surface area contributed by atoms with E-state index >= 15 is 0 Å². The topological polar surface area (TPSA) is 71.8 Å². The number of aromatic amines is 1. The minimum atomic E-state index is 0.718. The second-order valence-corrected chi connectivity index (χ2v) is 5.74. The molecule has 0 spiro atoms. The minimum Gasteiger partial charge on any atom is -0.282 e. The fourth-order valence-electron chi connectivity index (χ4n) is 2.22. The van der Waals surface area contributed by atoms with Crippen LogP contribution in [0.2, 0.25) is 0 Å². The van der Waals surface area contributed by atoms with E-state index in [1.54, 1.807) is 6.20 Å². The lowest BCUT2D eigenvalue weighted by Gasteiger charge is -1.97. The fraction of sp³-hybridized carbons (Fsp3) is 0.143. The molecule has 7 heteroatoms. The average molecular weight is 296 g/mol. The van der Waals surface area contributed by atoms with Gasteiger partial charge in [0.2, 0.25) is 4.96 Å². The molecule has 0 unspecified atom stereocenters. The third kappa shape index (κ3) is 2.11. The molecule has 0 radical (unpaired) electrons. The molecule has 0 saturated carbocycles. The molecule has 0 fully saturated rings. The molecule has 0 aliphatic carbocycles. The molecule has 1 N–H and O–H groups in total. The Morgan fingerprint density at radius 3 is 2.81 bits per heavy atom. The van der Waals surface area contributed by atoms with E-state index in [0.717, 1.165) is 33.5 Å². The number of benzene rings is 1. The lowest BCUT2D eigenvalue weighted by atomic mass is 10.1. The third-order valence-corrected chi connectivity index (χ3v) is 4.25. The molecule has 6 nitrogen and oxygen atoms in total. The number of nitrogens with one attached hydrogen (secondary N) is 1. The molecule has 4 aromatic rings. The van der Waals surface area contributed by atoms with Crippen molar-refractivity contribution in [1.29, 1.82) is 0 Å². The van der Waals surface area contributed by atoms with Gasteiger partial charge < -0.3 is 0 Å². The van der Waals surface area contributed by atoms with Crippen LogP contribution in [0, 0.1) is 6.92 Å². The van der Waals surface area contributed by atoms with Crippen LogP contribution in [0.5, 0.6) is 0 Å². The minimum absolute atomic E-state index is 0.718. The van der Waals surface area contributed by atoms with E-state index in [4.69, 9.17) is 0 Å².